The highest BCUT2D eigenvalue weighted by molar-refractivity contribution is 6.06. The Morgan fingerprint density at radius 2 is 1.96 bits per heavy atom. The molecule has 1 aromatic carbocycles. The van der Waals surface area contributed by atoms with Crippen molar-refractivity contribution in [1.82, 2.24) is 14.8 Å². The fourth-order valence-corrected chi connectivity index (χ4v) is 3.46. The van der Waals surface area contributed by atoms with E-state index in [4.69, 9.17) is 5.73 Å². The monoisotopic (exact) mass is 342 g/mol. The van der Waals surface area contributed by atoms with Gasteiger partial charge in [0, 0.05) is 37.6 Å². The molecule has 1 aromatic heterocycles. The molecule has 0 radical (unpaired) electrons. The van der Waals surface area contributed by atoms with Gasteiger partial charge in [-0.25, -0.2) is 0 Å². The van der Waals surface area contributed by atoms with Crippen LogP contribution in [0.25, 0.3) is 10.9 Å². The Morgan fingerprint density at radius 3 is 2.64 bits per heavy atom. The average Bonchev–Trinajstić information content (AvgIpc) is 2.61. The number of amides is 1. The molecule has 0 atom stereocenters. The molecular weight excluding hydrogens is 316 g/mol. The zero-order valence-corrected chi connectivity index (χ0v) is 14.9. The predicted molar refractivity (Wildman–Crippen MR) is 100.0 cm³/mol. The van der Waals surface area contributed by atoms with Gasteiger partial charge in [0.2, 0.25) is 0 Å². The lowest BCUT2D eigenvalue weighted by Gasteiger charge is -2.30. The zero-order chi connectivity index (χ0) is 18.0. The van der Waals surface area contributed by atoms with E-state index >= 15 is 0 Å². The first-order valence-corrected chi connectivity index (χ1v) is 8.84. The number of fused-ring (bicyclic) bond motifs is 1. The molecule has 1 aliphatic rings. The first-order valence-electron chi connectivity index (χ1n) is 8.84. The highest BCUT2D eigenvalue weighted by Crippen LogP contribution is 2.19. The third-order valence-corrected chi connectivity index (χ3v) is 5.01. The number of carbonyl (C=O) groups is 1. The van der Waals surface area contributed by atoms with Gasteiger partial charge in [-0.15, -0.1) is 0 Å². The number of likely N-dealkylation sites (tertiary alicyclic amines) is 1. The van der Waals surface area contributed by atoms with Crippen molar-refractivity contribution in [3.63, 3.8) is 0 Å². The molecular formula is C19H26N4O2. The van der Waals surface area contributed by atoms with Crippen molar-refractivity contribution < 1.29 is 4.79 Å². The Kier molecular flexibility index (Phi) is 5.20. The van der Waals surface area contributed by atoms with Crippen LogP contribution in [0.2, 0.25) is 0 Å². The molecule has 0 unspecified atom stereocenters. The van der Waals surface area contributed by atoms with E-state index in [0.717, 1.165) is 48.9 Å². The maximum absolute atomic E-state index is 12.7. The number of piperidine rings is 1. The van der Waals surface area contributed by atoms with Gasteiger partial charge < -0.3 is 20.5 Å². The molecule has 1 saturated heterocycles. The van der Waals surface area contributed by atoms with Gasteiger partial charge in [-0.05, 0) is 44.5 Å². The van der Waals surface area contributed by atoms with E-state index in [1.165, 1.54) is 6.07 Å². The molecule has 6 heteroatoms. The van der Waals surface area contributed by atoms with E-state index < -0.39 is 0 Å². The fraction of sp³-hybridized carbons (Fsp3) is 0.474. The number of nitrogens with zero attached hydrogens (tertiary/aromatic N) is 2. The van der Waals surface area contributed by atoms with Crippen molar-refractivity contribution in [3.8, 4) is 0 Å². The zero-order valence-electron chi connectivity index (χ0n) is 14.9. The molecule has 0 aliphatic carbocycles. The molecule has 0 spiro atoms. The summed E-state index contributed by atoms with van der Waals surface area (Å²) in [7, 11) is 1.58. The SMILES string of the molecule is CNC(=O)c1cc(=O)n(CCN2CCC(N)CC2)c2cc(C)ccc12. The number of nitrogens with one attached hydrogen (secondary N) is 1. The summed E-state index contributed by atoms with van der Waals surface area (Å²) in [6.45, 7) is 5.37. The summed E-state index contributed by atoms with van der Waals surface area (Å²) in [6, 6.07) is 7.62. The molecule has 0 bridgehead atoms. The average molecular weight is 342 g/mol. The number of hydrogen-bond acceptors (Lipinski definition) is 4. The molecule has 2 heterocycles. The van der Waals surface area contributed by atoms with Crippen molar-refractivity contribution in [2.45, 2.75) is 32.4 Å². The fourth-order valence-electron chi connectivity index (χ4n) is 3.46. The highest BCUT2D eigenvalue weighted by Gasteiger charge is 2.17. The number of carbonyl (C=O) groups excluding carboxylic acids is 1. The van der Waals surface area contributed by atoms with Crippen molar-refractivity contribution in [2.75, 3.05) is 26.7 Å². The van der Waals surface area contributed by atoms with E-state index in [-0.39, 0.29) is 11.5 Å². The van der Waals surface area contributed by atoms with Crippen LogP contribution >= 0.6 is 0 Å². The molecule has 3 N–H and O–H groups in total. The minimum atomic E-state index is -0.233. The molecule has 134 valence electrons. The predicted octanol–water partition coefficient (Wildman–Crippen LogP) is 1.09. The van der Waals surface area contributed by atoms with E-state index in [0.29, 0.717) is 18.2 Å². The van der Waals surface area contributed by atoms with Gasteiger partial charge in [-0.2, -0.15) is 0 Å². The number of pyridine rings is 1. The standard InChI is InChI=1S/C19H26N4O2/c1-13-3-4-15-16(19(25)21-2)12-18(24)23(17(15)11-13)10-9-22-7-5-14(20)6-8-22/h3-4,11-12,14H,5-10,20H2,1-2H3,(H,21,25). The summed E-state index contributed by atoms with van der Waals surface area (Å²) in [4.78, 5) is 27.1. The van der Waals surface area contributed by atoms with Gasteiger partial charge in [0.25, 0.3) is 11.5 Å². The second-order valence-electron chi connectivity index (χ2n) is 6.83. The van der Waals surface area contributed by atoms with Gasteiger partial charge in [0.15, 0.2) is 0 Å². The van der Waals surface area contributed by atoms with Gasteiger partial charge in [0.05, 0.1) is 11.1 Å². The lowest BCUT2D eigenvalue weighted by molar-refractivity contribution is 0.0964. The highest BCUT2D eigenvalue weighted by atomic mass is 16.2. The topological polar surface area (TPSA) is 80.4 Å². The summed E-state index contributed by atoms with van der Waals surface area (Å²) >= 11 is 0. The first kappa shape index (κ1) is 17.6. The van der Waals surface area contributed by atoms with Crippen LogP contribution in [0.5, 0.6) is 0 Å². The van der Waals surface area contributed by atoms with Gasteiger partial charge in [-0.3, -0.25) is 9.59 Å². The number of aromatic nitrogens is 1. The summed E-state index contributed by atoms with van der Waals surface area (Å²) in [5.74, 6) is -0.233. The van der Waals surface area contributed by atoms with Crippen molar-refractivity contribution in [2.24, 2.45) is 5.73 Å². The van der Waals surface area contributed by atoms with E-state index in [1.807, 2.05) is 25.1 Å². The number of benzene rings is 1. The van der Waals surface area contributed by atoms with Crippen LogP contribution < -0.4 is 16.6 Å². The Labute approximate surface area is 147 Å². The molecule has 25 heavy (non-hydrogen) atoms. The smallest absolute Gasteiger partial charge is 0.251 e. The summed E-state index contributed by atoms with van der Waals surface area (Å²) < 4.78 is 1.78. The molecule has 3 rings (SSSR count). The third-order valence-electron chi connectivity index (χ3n) is 5.01. The van der Waals surface area contributed by atoms with Crippen LogP contribution in [0.15, 0.2) is 29.1 Å². The Morgan fingerprint density at radius 1 is 1.24 bits per heavy atom. The maximum atomic E-state index is 12.7. The van der Waals surface area contributed by atoms with Crippen molar-refractivity contribution >= 4 is 16.8 Å². The normalized spacial score (nSPS) is 16.3. The lowest BCUT2D eigenvalue weighted by atomic mass is 10.1. The van der Waals surface area contributed by atoms with Gasteiger partial charge >= 0.3 is 0 Å². The largest absolute Gasteiger partial charge is 0.355 e. The Bertz CT molecular complexity index is 835. The molecule has 1 amide bonds. The Hall–Kier alpha value is -2.18. The van der Waals surface area contributed by atoms with Crippen LogP contribution in [0.3, 0.4) is 0 Å². The lowest BCUT2D eigenvalue weighted by Crippen LogP contribution is -2.41. The summed E-state index contributed by atoms with van der Waals surface area (Å²) in [6.07, 6.45) is 2.01. The van der Waals surface area contributed by atoms with Crippen LogP contribution in [0, 0.1) is 6.92 Å². The second kappa shape index (κ2) is 7.37. The number of hydrogen-bond donors (Lipinski definition) is 2. The van der Waals surface area contributed by atoms with Crippen LogP contribution in [-0.4, -0.2) is 48.1 Å². The van der Waals surface area contributed by atoms with E-state index in [9.17, 15) is 9.59 Å². The van der Waals surface area contributed by atoms with Gasteiger partial charge in [0.1, 0.15) is 0 Å². The molecule has 6 nitrogen and oxygen atoms in total. The van der Waals surface area contributed by atoms with Crippen LogP contribution in [0.4, 0.5) is 0 Å². The second-order valence-corrected chi connectivity index (χ2v) is 6.83. The van der Waals surface area contributed by atoms with E-state index in [2.05, 4.69) is 10.2 Å². The first-order chi connectivity index (χ1) is 12.0. The molecule has 1 fully saturated rings. The summed E-state index contributed by atoms with van der Waals surface area (Å²) in [5.41, 5.74) is 8.14. The number of rotatable bonds is 4. The Balaban J connectivity index is 1.94. The van der Waals surface area contributed by atoms with E-state index in [1.54, 1.807) is 11.6 Å². The van der Waals surface area contributed by atoms with Crippen molar-refractivity contribution in [1.29, 1.82) is 0 Å². The van der Waals surface area contributed by atoms with Gasteiger partial charge in [-0.1, -0.05) is 12.1 Å². The van der Waals surface area contributed by atoms with Crippen LogP contribution in [0.1, 0.15) is 28.8 Å². The molecule has 1 aliphatic heterocycles. The molecule has 2 aromatic rings. The minimum Gasteiger partial charge on any atom is -0.355 e. The van der Waals surface area contributed by atoms with Crippen LogP contribution in [-0.2, 0) is 6.54 Å². The van der Waals surface area contributed by atoms with Crippen molar-refractivity contribution in [3.05, 3.63) is 45.7 Å². The number of nitrogens with two attached hydrogens (primary N) is 1. The number of aryl methyl sites for hydroxylation is 1. The minimum absolute atomic E-state index is 0.134. The maximum Gasteiger partial charge on any atom is 0.251 e. The summed E-state index contributed by atoms with van der Waals surface area (Å²) in [5, 5.41) is 3.43. The quantitative estimate of drug-likeness (QED) is 0.872. The molecule has 0 saturated carbocycles. The third kappa shape index (κ3) is 3.75.